The largest absolute Gasteiger partial charge is 0.394 e. The van der Waals surface area contributed by atoms with E-state index in [0.717, 1.165) is 12.7 Å². The van der Waals surface area contributed by atoms with Crippen molar-refractivity contribution in [1.29, 1.82) is 1.28 Å². The summed E-state index contributed by atoms with van der Waals surface area (Å²) in [7, 11) is 61.4. The average Bonchev–Trinajstić information content (AvgIpc) is 3.17. The molecule has 2 heterocycles. The van der Waals surface area contributed by atoms with Crippen molar-refractivity contribution in [3.05, 3.63) is 66.8 Å². The van der Waals surface area contributed by atoms with E-state index in [1.807, 2.05) is 24.3 Å². The van der Waals surface area contributed by atoms with Crippen LogP contribution in [-0.4, -0.2) is 140 Å². The molecule has 2 aliphatic heterocycles. The summed E-state index contributed by atoms with van der Waals surface area (Å²) in [5.74, 6) is -0.0871. The second kappa shape index (κ2) is 52.5. The number of carbonyl (C=O) groups excluding carboxylic acids is 2. The zero-order chi connectivity index (χ0) is 64.9. The predicted molar refractivity (Wildman–Crippen MR) is 496 cm³/mol. The number of rotatable bonds is 26. The Hall–Kier alpha value is 15.4. The summed E-state index contributed by atoms with van der Waals surface area (Å²) < 4.78 is 22.6. The molecule has 0 radical (unpaired) electrons. The van der Waals surface area contributed by atoms with Crippen LogP contribution in [0.1, 0.15) is 20.7 Å². The van der Waals surface area contributed by atoms with Crippen molar-refractivity contribution >= 4 is 381 Å². The Labute approximate surface area is 597 Å². The van der Waals surface area contributed by atoms with Crippen LogP contribution in [0.3, 0.4) is 0 Å². The van der Waals surface area contributed by atoms with Crippen molar-refractivity contribution in [2.45, 2.75) is 61.3 Å². The van der Waals surface area contributed by atoms with Crippen molar-refractivity contribution in [1.82, 2.24) is 10.2 Å². The van der Waals surface area contributed by atoms with Gasteiger partial charge < -0.3 is 50.3 Å². The molecule has 4 rings (SSSR count). The zero-order valence-electron chi connectivity index (χ0n) is 44.0. The fourth-order valence-corrected chi connectivity index (χ4v) is 468. The van der Waals surface area contributed by atoms with E-state index in [1.54, 1.807) is 24.3 Å². The second-order valence-corrected chi connectivity index (χ2v) is 167. The number of ketones is 2. The van der Waals surface area contributed by atoms with Gasteiger partial charge >= 0.3 is 0 Å². The molecule has 0 amide bonds. The van der Waals surface area contributed by atoms with Gasteiger partial charge in [-0.25, -0.2) is 4.84 Å². The van der Waals surface area contributed by atoms with Gasteiger partial charge in [0, 0.05) is 18.3 Å². The quantitative estimate of drug-likeness (QED) is 0.0139. The normalized spacial score (nSPS) is 24.9. The van der Waals surface area contributed by atoms with E-state index in [1.165, 1.54) is 0 Å². The molecule has 2 fully saturated rings. The molecule has 2 aliphatic rings. The first-order valence-corrected chi connectivity index (χ1v) is 92.0. The van der Waals surface area contributed by atoms with Crippen LogP contribution in [0.15, 0.2) is 48.5 Å². The highest BCUT2D eigenvalue weighted by molar-refractivity contribution is 14.1. The predicted octanol–water partition coefficient (Wildman–Crippen LogP) is 20.7. The summed E-state index contributed by atoms with van der Waals surface area (Å²) in [5.41, 5.74) is 1.27. The molecule has 83 heavy (non-hydrogen) atoms. The number of alkyl halides is 1. The summed E-state index contributed by atoms with van der Waals surface area (Å²) in [6.07, 6.45) is -10.1. The van der Waals surface area contributed by atoms with Gasteiger partial charge in [-0.3, -0.25) is 14.9 Å². The summed E-state index contributed by atoms with van der Waals surface area (Å²) in [5, 5.41) is 78.2. The van der Waals surface area contributed by atoms with Gasteiger partial charge in [0.25, 0.3) is 0 Å². The number of nitrogens with one attached hydrogen (secondary N) is 2. The number of hydrogen-bond acceptors (Lipinski definition) is 14. The number of Topliss-reactive ketones (excluding diaryl/α,β-unsaturated/α-hetero) is 2. The molecule has 0 spiro atoms. The lowest BCUT2D eigenvalue weighted by Crippen LogP contribution is -2.63. The average molecular weight is 2150 g/mol. The van der Waals surface area contributed by atoms with Gasteiger partial charge in [-0.05, 0) is 208 Å². The van der Waals surface area contributed by atoms with E-state index in [0.29, 0.717) is 10.9 Å². The molecule has 33 atom stereocenters. The summed E-state index contributed by atoms with van der Waals surface area (Å²) in [6.45, 7) is -4.58. The second-order valence-electron chi connectivity index (χ2n) is 15.7. The first kappa shape index (κ1) is 94.5. The maximum atomic E-state index is 12.0. The van der Waals surface area contributed by atoms with E-state index in [2.05, 4.69) is 241 Å². The number of aliphatic hydroxyl groups is 8. The van der Waals surface area contributed by atoms with Crippen molar-refractivity contribution < 1.29 is 59.9 Å². The topological polar surface area (TPSA) is 238 Å². The Kier molecular flexibility index (Phi) is 59.7. The Morgan fingerprint density at radius 2 is 0.831 bits per heavy atom. The molecule has 10 N–H and O–H groups in total. The molecule has 2 saturated heterocycles. The Bertz CT molecular complexity index is 2140. The van der Waals surface area contributed by atoms with Gasteiger partial charge in [0.2, 0.25) is 0 Å². The Morgan fingerprint density at radius 3 is 1.13 bits per heavy atom. The lowest BCUT2D eigenvalue weighted by Gasteiger charge is -2.50. The highest BCUT2D eigenvalue weighted by Gasteiger charge is 2.49. The highest BCUT2D eigenvalue weighted by Crippen LogP contribution is 3.36. The van der Waals surface area contributed by atoms with Crippen LogP contribution >= 0.6 is 369 Å². The van der Waals surface area contributed by atoms with E-state index < -0.39 is 82.4 Å². The van der Waals surface area contributed by atoms with Crippen molar-refractivity contribution in [2.24, 2.45) is 0 Å². The number of aliphatic hydroxyl groups excluding tert-OH is 8. The fraction of sp³-hybridized carbons (Fsp3) is 0.500. The third-order valence-corrected chi connectivity index (χ3v) is 255. The lowest BCUT2D eigenvalue weighted by atomic mass is 9.97. The maximum Gasteiger partial charge on any atom is 0.176 e. The molecule has 14 nitrogen and oxygen atoms in total. The van der Waals surface area contributed by atoms with Crippen LogP contribution < -0.4 is 10.2 Å². The van der Waals surface area contributed by atoms with Gasteiger partial charge in [-0.2, -0.15) is 0 Å². The summed E-state index contributed by atoms with van der Waals surface area (Å²) >= 11 is 12.7. The molecule has 25 unspecified atom stereocenters. The van der Waals surface area contributed by atoms with Gasteiger partial charge in [0.05, 0.1) is 32.4 Å². The first-order valence-electron chi connectivity index (χ1n) is 22.4. The minimum Gasteiger partial charge on any atom is -0.394 e. The molecule has 2 aromatic rings. The molecule has 55 heteroatoms. The van der Waals surface area contributed by atoms with Crippen LogP contribution in [0.25, 0.3) is 0 Å². The van der Waals surface area contributed by atoms with Crippen LogP contribution in [0, 0.1) is 7.14 Å². The van der Waals surface area contributed by atoms with Crippen molar-refractivity contribution in [3.8, 4) is 0 Å². The van der Waals surface area contributed by atoms with Gasteiger partial charge in [-0.1, -0.05) is 40.2 Å². The van der Waals surface area contributed by atoms with E-state index >= 15 is 0 Å². The summed E-state index contributed by atoms with van der Waals surface area (Å²) in [6, 6.07) is 12.5. The highest BCUT2D eigenvalue weighted by atomic mass is 127. The third kappa shape index (κ3) is 34.5. The molecular formula is C28H75BrClI2N2O12P37. The standard InChI is InChI=1S/C14H18INO6.C8H6BrIO.C6H12ClNO5.H39P37/c15-8-3-1-7(2-4-8)9(18)5-16-11-13(20)12(19)10(6-17)22-14(11)21;9-5-8(11)6-1-3-7(10)4-2-6;7-8-3-5(11)4(10)2(1-9)13-6(3)12;1-21(2)30(19)37(36(28(15)16)29(17)18)32(35(26(11)12)27(13)14)20-31(33(22(3)4)23(5)6)34(24(7)8)25(9)10/h1-4,10-14,16-17,19-21H,5-6H2;1-4H,5H2;2-6,8-12H,1H2;20H,1-19H2/t10-,11-,12-,13-,14?;;2-,3-,4-,5-,6?;/m1.1./s1/i;;;20T. The minimum atomic E-state index is -1.43. The first-order chi connectivity index (χ1) is 39.0. The van der Waals surface area contributed by atoms with Crippen LogP contribution in [0.2, 0.25) is 0 Å². The molecular weight excluding hydrogens is 2070 g/mol. The Morgan fingerprint density at radius 1 is 0.518 bits per heavy atom. The fourth-order valence-electron chi connectivity index (χ4n) is 6.10. The number of halogens is 4. The third-order valence-electron chi connectivity index (χ3n) is 9.91. The molecule has 2 aromatic carbocycles. The number of carbonyl (C=O) groups is 2. The van der Waals surface area contributed by atoms with Gasteiger partial charge in [-0.15, -0.1) is 170 Å². The smallest absolute Gasteiger partial charge is 0.176 e. The monoisotopic (exact) mass is 2150 g/mol. The van der Waals surface area contributed by atoms with E-state index in [4.69, 9.17) is 31.5 Å². The molecule has 482 valence electrons. The summed E-state index contributed by atoms with van der Waals surface area (Å²) in [4.78, 5) is 25.2. The van der Waals surface area contributed by atoms with Crippen molar-refractivity contribution in [2.75, 3.05) is 25.1 Å². The molecule has 0 aromatic heterocycles. The van der Waals surface area contributed by atoms with Crippen LogP contribution in [0.4, 0.5) is 0 Å². The van der Waals surface area contributed by atoms with Gasteiger partial charge in [0.15, 0.2) is 24.1 Å². The zero-order valence-corrected chi connectivity index (χ0v) is 87.7. The molecule has 0 bridgehead atoms. The number of benzene rings is 2. The van der Waals surface area contributed by atoms with Crippen LogP contribution in [0.5, 0.6) is 0 Å². The van der Waals surface area contributed by atoms with Crippen molar-refractivity contribution in [3.63, 3.8) is 0 Å². The molecule has 0 saturated carbocycles. The SMILES string of the molecule is O=C(CBr)c1ccc(I)cc1.O=C(CN[C@H]1C(O)O[C@H](CO)[C@@H](O)[C@@H]1O)c1ccc(I)cc1.OC[C@H]1OC(O)[C@H](NCl)[C@@H](O)[C@@H]1O.[3H]P(P(P(P(P)P)P(P)P)P(P(P)P)P(P)P)P(P(P(P)P)P(P)P)P(P(P)P(P)P)P(P(P)P)P(P)P. The Balaban J connectivity index is 0.000000634. The van der Waals surface area contributed by atoms with E-state index in [-0.39, 0.29) is 137 Å². The number of ether oxygens (including phenoxy) is 2. The molecule has 0 aliphatic carbocycles. The lowest BCUT2D eigenvalue weighted by molar-refractivity contribution is -0.254. The minimum absolute atomic E-state index is 0.119. The van der Waals surface area contributed by atoms with Gasteiger partial charge in [0.1, 0.15) is 42.7 Å². The van der Waals surface area contributed by atoms with E-state index in [9.17, 15) is 41.5 Å². The maximum absolute atomic E-state index is 12.0. The van der Waals surface area contributed by atoms with Crippen LogP contribution in [-0.2, 0) is 9.47 Å². The number of hydrogen-bond donors (Lipinski definition) is 10.